The minimum atomic E-state index is -0.930. The van der Waals surface area contributed by atoms with Crippen LogP contribution in [0.2, 0.25) is 10.0 Å². The van der Waals surface area contributed by atoms with E-state index in [4.69, 9.17) is 23.2 Å². The first-order valence-corrected chi connectivity index (χ1v) is 8.29. The van der Waals surface area contributed by atoms with Gasteiger partial charge >= 0.3 is 0 Å². The zero-order valence-electron chi connectivity index (χ0n) is 12.5. The van der Waals surface area contributed by atoms with Gasteiger partial charge in [-0.2, -0.15) is 0 Å². The summed E-state index contributed by atoms with van der Waals surface area (Å²) < 4.78 is 0. The number of rotatable bonds is 7. The minimum Gasteiger partial charge on any atom is -0.355 e. The van der Waals surface area contributed by atoms with Crippen molar-refractivity contribution in [1.29, 1.82) is 0 Å². The number of hydrogen-bond acceptors (Lipinski definition) is 2. The van der Waals surface area contributed by atoms with Crippen molar-refractivity contribution in [3.8, 4) is 0 Å². The van der Waals surface area contributed by atoms with Gasteiger partial charge in [-0.15, -0.1) is 0 Å². The smallest absolute Gasteiger partial charge is 0.240 e. The van der Waals surface area contributed by atoms with Crippen molar-refractivity contribution in [3.05, 3.63) is 28.2 Å². The van der Waals surface area contributed by atoms with E-state index in [0.717, 1.165) is 19.3 Å². The molecule has 0 unspecified atom stereocenters. The molecule has 4 nitrogen and oxygen atoms in total. The van der Waals surface area contributed by atoms with E-state index >= 15 is 0 Å². The van der Waals surface area contributed by atoms with Gasteiger partial charge in [-0.3, -0.25) is 9.59 Å². The number of amides is 2. The van der Waals surface area contributed by atoms with Crippen LogP contribution < -0.4 is 10.6 Å². The largest absolute Gasteiger partial charge is 0.355 e. The lowest BCUT2D eigenvalue weighted by Crippen LogP contribution is -2.40. The van der Waals surface area contributed by atoms with E-state index in [0.29, 0.717) is 35.1 Å². The highest BCUT2D eigenvalue weighted by molar-refractivity contribution is 6.35. The third kappa shape index (κ3) is 4.14. The molecule has 22 heavy (non-hydrogen) atoms. The van der Waals surface area contributed by atoms with E-state index in [1.807, 2.05) is 0 Å². The highest BCUT2D eigenvalue weighted by atomic mass is 35.5. The van der Waals surface area contributed by atoms with E-state index in [1.165, 1.54) is 0 Å². The summed E-state index contributed by atoms with van der Waals surface area (Å²) in [6.45, 7) is 2.72. The summed E-state index contributed by atoms with van der Waals surface area (Å²) in [6.07, 6.45) is 4.25. The van der Waals surface area contributed by atoms with E-state index in [-0.39, 0.29) is 11.8 Å². The Morgan fingerprint density at radius 3 is 2.27 bits per heavy atom. The molecular formula is C16H20Cl2N2O2. The fourth-order valence-corrected chi connectivity index (χ4v) is 2.83. The van der Waals surface area contributed by atoms with Crippen LogP contribution in [0.15, 0.2) is 18.2 Å². The van der Waals surface area contributed by atoms with Gasteiger partial charge in [-0.1, -0.05) is 43.0 Å². The highest BCUT2D eigenvalue weighted by Gasteiger charge is 2.56. The molecule has 2 N–H and O–H groups in total. The Labute approximate surface area is 140 Å². The molecule has 0 radical (unpaired) electrons. The lowest BCUT2D eigenvalue weighted by molar-refractivity contribution is -0.134. The van der Waals surface area contributed by atoms with Crippen LogP contribution in [0.4, 0.5) is 5.69 Å². The first-order chi connectivity index (χ1) is 10.5. The van der Waals surface area contributed by atoms with Gasteiger partial charge in [0.25, 0.3) is 0 Å². The van der Waals surface area contributed by atoms with Gasteiger partial charge in [0.1, 0.15) is 5.41 Å². The maximum absolute atomic E-state index is 12.4. The van der Waals surface area contributed by atoms with Crippen LogP contribution in [0, 0.1) is 5.41 Å². The van der Waals surface area contributed by atoms with Gasteiger partial charge in [0.05, 0.1) is 0 Å². The fourth-order valence-electron chi connectivity index (χ4n) is 2.31. The van der Waals surface area contributed by atoms with E-state index in [1.54, 1.807) is 18.2 Å². The number of nitrogens with one attached hydrogen (secondary N) is 2. The molecule has 1 saturated carbocycles. The molecule has 0 aliphatic heterocycles. The molecule has 1 aliphatic rings. The highest BCUT2D eigenvalue weighted by Crippen LogP contribution is 2.47. The summed E-state index contributed by atoms with van der Waals surface area (Å²) >= 11 is 11.8. The summed E-state index contributed by atoms with van der Waals surface area (Å²) in [6, 6.07) is 4.81. The number of benzene rings is 1. The SMILES string of the molecule is CCCCCNC(=O)C1(C(=O)Nc2cc(Cl)cc(Cl)c2)CC1. The molecular weight excluding hydrogens is 323 g/mol. The van der Waals surface area contributed by atoms with Crippen molar-refractivity contribution >= 4 is 40.7 Å². The zero-order chi connectivity index (χ0) is 16.2. The van der Waals surface area contributed by atoms with Crippen molar-refractivity contribution in [3.63, 3.8) is 0 Å². The Morgan fingerprint density at radius 1 is 1.09 bits per heavy atom. The van der Waals surface area contributed by atoms with Crippen molar-refractivity contribution in [2.45, 2.75) is 39.0 Å². The zero-order valence-corrected chi connectivity index (χ0v) is 14.1. The van der Waals surface area contributed by atoms with Crippen LogP contribution in [0.3, 0.4) is 0 Å². The molecule has 120 valence electrons. The molecule has 6 heteroatoms. The van der Waals surface area contributed by atoms with Crippen LogP contribution in [-0.4, -0.2) is 18.4 Å². The molecule has 0 spiro atoms. The Morgan fingerprint density at radius 2 is 1.73 bits per heavy atom. The van der Waals surface area contributed by atoms with Crippen LogP contribution in [0.25, 0.3) is 0 Å². The van der Waals surface area contributed by atoms with Crippen molar-refractivity contribution < 1.29 is 9.59 Å². The predicted molar refractivity (Wildman–Crippen MR) is 89.3 cm³/mol. The maximum Gasteiger partial charge on any atom is 0.240 e. The second-order valence-corrected chi connectivity index (χ2v) is 6.53. The molecule has 0 aromatic heterocycles. The molecule has 0 bridgehead atoms. The summed E-state index contributed by atoms with van der Waals surface area (Å²) in [7, 11) is 0. The molecule has 2 rings (SSSR count). The van der Waals surface area contributed by atoms with Crippen molar-refractivity contribution in [1.82, 2.24) is 5.32 Å². The van der Waals surface area contributed by atoms with Crippen LogP contribution in [-0.2, 0) is 9.59 Å². The Hall–Kier alpha value is -1.26. The standard InChI is InChI=1S/C16H20Cl2N2O2/c1-2-3-4-7-19-14(21)16(5-6-16)15(22)20-13-9-11(17)8-12(18)10-13/h8-10H,2-7H2,1H3,(H,19,21)(H,20,22). The molecule has 0 heterocycles. The monoisotopic (exact) mass is 342 g/mol. The molecule has 1 aliphatic carbocycles. The minimum absolute atomic E-state index is 0.186. The number of carbonyl (C=O) groups excluding carboxylic acids is 2. The van der Waals surface area contributed by atoms with Crippen molar-refractivity contribution in [2.75, 3.05) is 11.9 Å². The molecule has 1 aromatic carbocycles. The second kappa shape index (κ2) is 7.34. The first-order valence-electron chi connectivity index (χ1n) is 7.54. The Balaban J connectivity index is 1.94. The maximum atomic E-state index is 12.4. The van der Waals surface area contributed by atoms with Gasteiger partial charge < -0.3 is 10.6 Å². The summed E-state index contributed by atoms with van der Waals surface area (Å²) in [5, 5.41) is 6.48. The summed E-state index contributed by atoms with van der Waals surface area (Å²) in [5.74, 6) is -0.479. The average molecular weight is 343 g/mol. The van der Waals surface area contributed by atoms with E-state index in [2.05, 4.69) is 17.6 Å². The van der Waals surface area contributed by atoms with Gasteiger partial charge in [-0.05, 0) is 37.5 Å². The molecule has 2 amide bonds. The van der Waals surface area contributed by atoms with Crippen LogP contribution >= 0.6 is 23.2 Å². The number of anilines is 1. The van der Waals surface area contributed by atoms with Gasteiger partial charge in [-0.25, -0.2) is 0 Å². The van der Waals surface area contributed by atoms with Crippen molar-refractivity contribution in [2.24, 2.45) is 5.41 Å². The Bertz CT molecular complexity index is 551. The molecule has 0 saturated heterocycles. The van der Waals surface area contributed by atoms with Crippen LogP contribution in [0.5, 0.6) is 0 Å². The molecule has 0 atom stereocenters. The van der Waals surface area contributed by atoms with E-state index < -0.39 is 5.41 Å². The quantitative estimate of drug-likeness (QED) is 0.580. The topological polar surface area (TPSA) is 58.2 Å². The van der Waals surface area contributed by atoms with Gasteiger partial charge in [0, 0.05) is 22.3 Å². The predicted octanol–water partition coefficient (Wildman–Crippen LogP) is 4.02. The van der Waals surface area contributed by atoms with E-state index in [9.17, 15) is 9.59 Å². The lowest BCUT2D eigenvalue weighted by Gasteiger charge is -2.15. The number of carbonyl (C=O) groups is 2. The summed E-state index contributed by atoms with van der Waals surface area (Å²) in [4.78, 5) is 24.6. The number of halogens is 2. The second-order valence-electron chi connectivity index (χ2n) is 5.66. The molecule has 1 aromatic rings. The third-order valence-electron chi connectivity index (χ3n) is 3.81. The molecule has 1 fully saturated rings. The van der Waals surface area contributed by atoms with Gasteiger partial charge in [0.2, 0.25) is 11.8 Å². The average Bonchev–Trinajstić information content (AvgIpc) is 3.24. The number of hydrogen-bond donors (Lipinski definition) is 2. The number of unbranched alkanes of at least 4 members (excludes halogenated alkanes) is 2. The van der Waals surface area contributed by atoms with Crippen LogP contribution in [0.1, 0.15) is 39.0 Å². The normalized spacial score (nSPS) is 15.2. The summed E-state index contributed by atoms with van der Waals surface area (Å²) in [5.41, 5.74) is -0.423. The first kappa shape index (κ1) is 17.1. The lowest BCUT2D eigenvalue weighted by atomic mass is 10.0. The van der Waals surface area contributed by atoms with Gasteiger partial charge in [0.15, 0.2) is 0 Å². The Kier molecular flexibility index (Phi) is 5.70. The third-order valence-corrected chi connectivity index (χ3v) is 4.24. The fraction of sp³-hybridized carbons (Fsp3) is 0.500.